The molecule has 0 atom stereocenters. The number of rotatable bonds is 10. The van der Waals surface area contributed by atoms with Crippen LogP contribution < -0.4 is 23.8 Å². The Balaban J connectivity index is 1.61. The molecule has 0 saturated heterocycles. The predicted octanol–water partition coefficient (Wildman–Crippen LogP) is 3.51. The lowest BCUT2D eigenvalue weighted by Gasteiger charge is -2.20. The van der Waals surface area contributed by atoms with Crippen molar-refractivity contribution in [1.29, 1.82) is 0 Å². The lowest BCUT2D eigenvalue weighted by Crippen LogP contribution is -2.27. The number of sulfonamides is 1. The Morgan fingerprint density at radius 2 is 1.50 bits per heavy atom. The van der Waals surface area contributed by atoms with E-state index in [1.807, 2.05) is 18.2 Å². The van der Waals surface area contributed by atoms with Gasteiger partial charge >= 0.3 is 0 Å². The van der Waals surface area contributed by atoms with Gasteiger partial charge in [0.2, 0.25) is 0 Å². The Morgan fingerprint density at radius 1 is 0.853 bits per heavy atom. The van der Waals surface area contributed by atoms with Crippen LogP contribution in [0.25, 0.3) is 0 Å². The molecule has 34 heavy (non-hydrogen) atoms. The molecule has 0 heterocycles. The lowest BCUT2D eigenvalue weighted by atomic mass is 10.1. The van der Waals surface area contributed by atoms with Gasteiger partial charge in [-0.25, -0.2) is 8.42 Å². The minimum Gasteiger partial charge on any atom is -0.497 e. The van der Waals surface area contributed by atoms with E-state index in [0.717, 1.165) is 5.56 Å². The smallest absolute Gasteiger partial charge is 0.264 e. The minimum atomic E-state index is -3.75. The standard InChI is InChI=1S/C25H28N2O6S/c1-27(34(29,30)22-12-10-21(31-2)11-13-22)20-8-6-19(7-9-20)25(28)26-16-15-18-5-14-23(32-3)24(17-18)33-4/h5-14,17H,15-16H2,1-4H3,(H,26,28). The van der Waals surface area contributed by atoms with Crippen LogP contribution in [-0.2, 0) is 16.4 Å². The molecule has 0 saturated carbocycles. The van der Waals surface area contributed by atoms with Gasteiger partial charge in [0.15, 0.2) is 11.5 Å². The molecular formula is C25H28N2O6S. The van der Waals surface area contributed by atoms with Gasteiger partial charge in [0.1, 0.15) is 5.75 Å². The zero-order chi connectivity index (χ0) is 24.7. The summed E-state index contributed by atoms with van der Waals surface area (Å²) in [6.45, 7) is 0.432. The predicted molar refractivity (Wildman–Crippen MR) is 131 cm³/mol. The molecule has 180 valence electrons. The number of anilines is 1. The monoisotopic (exact) mass is 484 g/mol. The molecule has 8 nitrogen and oxygen atoms in total. The molecule has 3 aromatic carbocycles. The van der Waals surface area contributed by atoms with Crippen LogP contribution in [0.3, 0.4) is 0 Å². The van der Waals surface area contributed by atoms with E-state index in [9.17, 15) is 13.2 Å². The number of hydrogen-bond donors (Lipinski definition) is 1. The summed E-state index contributed by atoms with van der Waals surface area (Å²) < 4.78 is 42.6. The van der Waals surface area contributed by atoms with Gasteiger partial charge in [-0.1, -0.05) is 6.07 Å². The van der Waals surface area contributed by atoms with Crippen molar-refractivity contribution in [2.75, 3.05) is 39.2 Å². The fraction of sp³-hybridized carbons (Fsp3) is 0.240. The molecule has 0 aliphatic carbocycles. The van der Waals surface area contributed by atoms with Crippen molar-refractivity contribution in [1.82, 2.24) is 5.32 Å². The molecule has 0 unspecified atom stereocenters. The van der Waals surface area contributed by atoms with E-state index in [-0.39, 0.29) is 10.8 Å². The molecular weight excluding hydrogens is 456 g/mol. The first-order valence-corrected chi connectivity index (χ1v) is 12.0. The van der Waals surface area contributed by atoms with Crippen LogP contribution in [0.15, 0.2) is 71.6 Å². The fourth-order valence-corrected chi connectivity index (χ4v) is 4.52. The maximum absolute atomic E-state index is 12.9. The Labute approximate surface area is 200 Å². The van der Waals surface area contributed by atoms with Gasteiger partial charge in [-0.05, 0) is 72.6 Å². The van der Waals surface area contributed by atoms with Gasteiger partial charge in [-0.15, -0.1) is 0 Å². The van der Waals surface area contributed by atoms with Crippen molar-refractivity contribution in [3.63, 3.8) is 0 Å². The first-order valence-electron chi connectivity index (χ1n) is 10.5. The van der Waals surface area contributed by atoms with Crippen LogP contribution in [0.1, 0.15) is 15.9 Å². The van der Waals surface area contributed by atoms with E-state index >= 15 is 0 Å². The minimum absolute atomic E-state index is 0.146. The summed E-state index contributed by atoms with van der Waals surface area (Å²) in [4.78, 5) is 12.7. The Kier molecular flexibility index (Phi) is 8.01. The van der Waals surface area contributed by atoms with Crippen LogP contribution >= 0.6 is 0 Å². The van der Waals surface area contributed by atoms with E-state index in [1.54, 1.807) is 50.6 Å². The molecule has 0 bridgehead atoms. The number of nitrogens with one attached hydrogen (secondary N) is 1. The fourth-order valence-electron chi connectivity index (χ4n) is 3.33. The third kappa shape index (κ3) is 5.60. The largest absolute Gasteiger partial charge is 0.497 e. The summed E-state index contributed by atoms with van der Waals surface area (Å²) in [5, 5.41) is 2.87. The average molecular weight is 485 g/mol. The van der Waals surface area contributed by atoms with Gasteiger partial charge in [0, 0.05) is 19.2 Å². The SMILES string of the molecule is COc1ccc(S(=O)(=O)N(C)c2ccc(C(=O)NCCc3ccc(OC)c(OC)c3)cc2)cc1. The van der Waals surface area contributed by atoms with E-state index in [4.69, 9.17) is 14.2 Å². The maximum atomic E-state index is 12.9. The maximum Gasteiger partial charge on any atom is 0.264 e. The second-order valence-electron chi connectivity index (χ2n) is 7.39. The number of amides is 1. The lowest BCUT2D eigenvalue weighted by molar-refractivity contribution is 0.0954. The van der Waals surface area contributed by atoms with Crippen LogP contribution in [0, 0.1) is 0 Å². The number of benzene rings is 3. The first kappa shape index (κ1) is 24.9. The normalized spacial score (nSPS) is 10.9. The van der Waals surface area contributed by atoms with Crippen molar-refractivity contribution >= 4 is 21.6 Å². The number of ether oxygens (including phenoxy) is 3. The van der Waals surface area contributed by atoms with E-state index < -0.39 is 10.0 Å². The molecule has 3 aromatic rings. The summed E-state index contributed by atoms with van der Waals surface area (Å²) >= 11 is 0. The third-order valence-corrected chi connectivity index (χ3v) is 7.16. The molecule has 1 N–H and O–H groups in total. The number of methoxy groups -OCH3 is 3. The number of carbonyl (C=O) groups excluding carboxylic acids is 1. The van der Waals surface area contributed by atoms with Crippen molar-refractivity contribution in [3.05, 3.63) is 77.9 Å². The quantitative estimate of drug-likeness (QED) is 0.473. The van der Waals surface area contributed by atoms with Gasteiger partial charge < -0.3 is 19.5 Å². The van der Waals surface area contributed by atoms with E-state index in [2.05, 4.69) is 5.32 Å². The first-order chi connectivity index (χ1) is 16.3. The van der Waals surface area contributed by atoms with Crippen LogP contribution in [0.4, 0.5) is 5.69 Å². The molecule has 3 rings (SSSR count). The Bertz CT molecular complexity index is 1230. The molecule has 0 aromatic heterocycles. The summed E-state index contributed by atoms with van der Waals surface area (Å²) in [5.74, 6) is 1.61. The van der Waals surface area contributed by atoms with E-state index in [1.165, 1.54) is 30.6 Å². The molecule has 9 heteroatoms. The molecule has 0 radical (unpaired) electrons. The third-order valence-electron chi connectivity index (χ3n) is 5.36. The van der Waals surface area contributed by atoms with Crippen LogP contribution in [-0.4, -0.2) is 49.2 Å². The van der Waals surface area contributed by atoms with Gasteiger partial charge in [-0.3, -0.25) is 9.10 Å². The Morgan fingerprint density at radius 3 is 2.09 bits per heavy atom. The van der Waals surface area contributed by atoms with Crippen molar-refractivity contribution < 1.29 is 27.4 Å². The molecule has 0 aliphatic heterocycles. The second kappa shape index (κ2) is 10.9. The Hall–Kier alpha value is -3.72. The highest BCUT2D eigenvalue weighted by molar-refractivity contribution is 7.92. The zero-order valence-electron chi connectivity index (χ0n) is 19.6. The molecule has 1 amide bonds. The summed E-state index contributed by atoms with van der Waals surface area (Å²) in [5.41, 5.74) is 1.88. The molecule has 0 aliphatic rings. The summed E-state index contributed by atoms with van der Waals surface area (Å²) in [6.07, 6.45) is 0.618. The highest BCUT2D eigenvalue weighted by Crippen LogP contribution is 2.27. The highest BCUT2D eigenvalue weighted by atomic mass is 32.2. The van der Waals surface area contributed by atoms with Gasteiger partial charge in [0.05, 0.1) is 31.9 Å². The number of hydrogen-bond acceptors (Lipinski definition) is 6. The van der Waals surface area contributed by atoms with Crippen LogP contribution in [0.5, 0.6) is 17.2 Å². The molecule has 0 fully saturated rings. The molecule has 0 spiro atoms. The van der Waals surface area contributed by atoms with Gasteiger partial charge in [-0.2, -0.15) is 0 Å². The van der Waals surface area contributed by atoms with E-state index in [0.29, 0.717) is 41.5 Å². The van der Waals surface area contributed by atoms with Crippen LogP contribution in [0.2, 0.25) is 0 Å². The van der Waals surface area contributed by atoms with Gasteiger partial charge in [0.25, 0.3) is 15.9 Å². The van der Waals surface area contributed by atoms with Crippen molar-refractivity contribution in [2.45, 2.75) is 11.3 Å². The number of carbonyl (C=O) groups is 1. The van der Waals surface area contributed by atoms with Crippen molar-refractivity contribution in [2.24, 2.45) is 0 Å². The topological polar surface area (TPSA) is 94.2 Å². The zero-order valence-corrected chi connectivity index (χ0v) is 20.4. The summed E-state index contributed by atoms with van der Waals surface area (Å²) in [6, 6.07) is 18.2. The van der Waals surface area contributed by atoms with Crippen molar-refractivity contribution in [3.8, 4) is 17.2 Å². The second-order valence-corrected chi connectivity index (χ2v) is 9.36. The summed E-state index contributed by atoms with van der Waals surface area (Å²) in [7, 11) is 2.39. The highest BCUT2D eigenvalue weighted by Gasteiger charge is 2.21. The number of nitrogens with zero attached hydrogens (tertiary/aromatic N) is 1. The average Bonchev–Trinajstić information content (AvgIpc) is 2.88.